The maximum Gasteiger partial charge on any atom is 0.162 e. The van der Waals surface area contributed by atoms with Gasteiger partial charge in [-0.3, -0.25) is 0 Å². The molecular formula is C14H24N2O2. The van der Waals surface area contributed by atoms with Gasteiger partial charge >= 0.3 is 0 Å². The zero-order chi connectivity index (χ0) is 13.7. The van der Waals surface area contributed by atoms with Crippen LogP contribution in [0, 0.1) is 0 Å². The second-order valence-corrected chi connectivity index (χ2v) is 4.51. The van der Waals surface area contributed by atoms with Crippen molar-refractivity contribution < 1.29 is 9.47 Å². The molecule has 1 aromatic carbocycles. The highest BCUT2D eigenvalue weighted by Crippen LogP contribution is 2.37. The number of benzene rings is 1. The summed E-state index contributed by atoms with van der Waals surface area (Å²) < 4.78 is 10.6. The molecule has 0 heterocycles. The van der Waals surface area contributed by atoms with Crippen molar-refractivity contribution in [2.45, 2.75) is 32.7 Å². The molecule has 0 spiro atoms. The summed E-state index contributed by atoms with van der Waals surface area (Å²) in [5, 5.41) is 0. The SMILES string of the molecule is CCCC(C)N(C)c1cc(OC)c(OC)cc1N. The molecule has 0 aliphatic heterocycles. The van der Waals surface area contributed by atoms with Crippen molar-refractivity contribution >= 4 is 11.4 Å². The molecule has 0 aromatic heterocycles. The van der Waals surface area contributed by atoms with E-state index in [-0.39, 0.29) is 0 Å². The highest BCUT2D eigenvalue weighted by Gasteiger charge is 2.15. The minimum absolute atomic E-state index is 0.440. The van der Waals surface area contributed by atoms with Crippen LogP contribution in [0.3, 0.4) is 0 Å². The lowest BCUT2D eigenvalue weighted by Crippen LogP contribution is -2.29. The van der Waals surface area contributed by atoms with Gasteiger partial charge in [-0.1, -0.05) is 13.3 Å². The molecule has 0 bridgehead atoms. The van der Waals surface area contributed by atoms with Gasteiger partial charge in [-0.2, -0.15) is 0 Å². The number of nitrogen functional groups attached to an aromatic ring is 1. The maximum absolute atomic E-state index is 6.08. The molecule has 0 aliphatic carbocycles. The lowest BCUT2D eigenvalue weighted by molar-refractivity contribution is 0.355. The summed E-state index contributed by atoms with van der Waals surface area (Å²) in [6.07, 6.45) is 2.28. The van der Waals surface area contributed by atoms with Crippen molar-refractivity contribution in [2.24, 2.45) is 0 Å². The summed E-state index contributed by atoms with van der Waals surface area (Å²) in [6, 6.07) is 4.18. The summed E-state index contributed by atoms with van der Waals surface area (Å²) in [7, 11) is 5.30. The van der Waals surface area contributed by atoms with E-state index in [0.717, 1.165) is 18.5 Å². The van der Waals surface area contributed by atoms with E-state index >= 15 is 0 Å². The van der Waals surface area contributed by atoms with E-state index < -0.39 is 0 Å². The average molecular weight is 252 g/mol. The maximum atomic E-state index is 6.08. The molecule has 2 N–H and O–H groups in total. The first-order valence-electron chi connectivity index (χ1n) is 6.29. The minimum atomic E-state index is 0.440. The van der Waals surface area contributed by atoms with E-state index in [2.05, 4.69) is 25.8 Å². The molecule has 18 heavy (non-hydrogen) atoms. The molecule has 0 aliphatic rings. The average Bonchev–Trinajstić information content (AvgIpc) is 2.37. The third-order valence-corrected chi connectivity index (χ3v) is 3.28. The van der Waals surface area contributed by atoms with Crippen LogP contribution >= 0.6 is 0 Å². The summed E-state index contributed by atoms with van der Waals surface area (Å²) in [5.41, 5.74) is 7.76. The predicted octanol–water partition coefficient (Wildman–Crippen LogP) is 2.91. The third-order valence-electron chi connectivity index (χ3n) is 3.28. The first-order chi connectivity index (χ1) is 8.54. The van der Waals surface area contributed by atoms with E-state index in [1.807, 2.05) is 12.1 Å². The van der Waals surface area contributed by atoms with Gasteiger partial charge in [-0.25, -0.2) is 0 Å². The van der Waals surface area contributed by atoms with Crippen LogP contribution in [0.4, 0.5) is 11.4 Å². The Bertz CT molecular complexity index is 394. The van der Waals surface area contributed by atoms with Crippen molar-refractivity contribution in [3.63, 3.8) is 0 Å². The van der Waals surface area contributed by atoms with Crippen LogP contribution in [-0.4, -0.2) is 27.3 Å². The number of rotatable bonds is 6. The number of anilines is 2. The van der Waals surface area contributed by atoms with Gasteiger partial charge in [0.2, 0.25) is 0 Å². The van der Waals surface area contributed by atoms with Crippen LogP contribution < -0.4 is 20.1 Å². The van der Waals surface area contributed by atoms with Gasteiger partial charge < -0.3 is 20.1 Å². The van der Waals surface area contributed by atoms with Crippen molar-refractivity contribution in [2.75, 3.05) is 31.9 Å². The number of hydrogen-bond acceptors (Lipinski definition) is 4. The minimum Gasteiger partial charge on any atom is -0.493 e. The van der Waals surface area contributed by atoms with E-state index in [9.17, 15) is 0 Å². The first-order valence-corrected chi connectivity index (χ1v) is 6.29. The van der Waals surface area contributed by atoms with Crippen LogP contribution in [0.25, 0.3) is 0 Å². The number of ether oxygens (including phenoxy) is 2. The highest BCUT2D eigenvalue weighted by atomic mass is 16.5. The van der Waals surface area contributed by atoms with E-state index in [1.54, 1.807) is 14.2 Å². The van der Waals surface area contributed by atoms with E-state index in [1.165, 1.54) is 0 Å². The quantitative estimate of drug-likeness (QED) is 0.791. The second kappa shape index (κ2) is 6.38. The largest absolute Gasteiger partial charge is 0.493 e. The van der Waals surface area contributed by atoms with Gasteiger partial charge in [-0.15, -0.1) is 0 Å². The predicted molar refractivity (Wildman–Crippen MR) is 76.7 cm³/mol. The molecule has 1 rings (SSSR count). The number of methoxy groups -OCH3 is 2. The van der Waals surface area contributed by atoms with Crippen molar-refractivity contribution in [1.82, 2.24) is 0 Å². The van der Waals surface area contributed by atoms with Gasteiger partial charge in [-0.05, 0) is 13.3 Å². The molecule has 0 saturated heterocycles. The standard InChI is InChI=1S/C14H24N2O2/c1-6-7-10(2)16(3)12-9-14(18-5)13(17-4)8-11(12)15/h8-10H,6-7,15H2,1-5H3. The molecular weight excluding hydrogens is 228 g/mol. The molecule has 4 heteroatoms. The number of nitrogens with two attached hydrogens (primary N) is 1. The molecule has 0 fully saturated rings. The third kappa shape index (κ3) is 3.00. The Morgan fingerprint density at radius 3 is 2.28 bits per heavy atom. The Kier molecular flexibility index (Phi) is 5.13. The van der Waals surface area contributed by atoms with Gasteiger partial charge in [0.05, 0.1) is 25.6 Å². The van der Waals surface area contributed by atoms with Crippen LogP contribution in [0.15, 0.2) is 12.1 Å². The first kappa shape index (κ1) is 14.5. The molecule has 1 atom stereocenters. The summed E-state index contributed by atoms with van der Waals surface area (Å²) in [6.45, 7) is 4.38. The van der Waals surface area contributed by atoms with Crippen LogP contribution in [0.1, 0.15) is 26.7 Å². The van der Waals surface area contributed by atoms with Crippen molar-refractivity contribution in [3.05, 3.63) is 12.1 Å². The Morgan fingerprint density at radius 2 is 1.78 bits per heavy atom. The topological polar surface area (TPSA) is 47.7 Å². The van der Waals surface area contributed by atoms with Gasteiger partial charge in [0.1, 0.15) is 0 Å². The summed E-state index contributed by atoms with van der Waals surface area (Å²) >= 11 is 0. The summed E-state index contributed by atoms with van der Waals surface area (Å²) in [5.74, 6) is 1.37. The van der Waals surface area contributed by atoms with Crippen LogP contribution in [0.2, 0.25) is 0 Å². The molecule has 0 saturated carbocycles. The van der Waals surface area contributed by atoms with E-state index in [0.29, 0.717) is 23.2 Å². The highest BCUT2D eigenvalue weighted by molar-refractivity contribution is 5.73. The molecule has 0 radical (unpaired) electrons. The lowest BCUT2D eigenvalue weighted by atomic mass is 10.1. The number of hydrogen-bond donors (Lipinski definition) is 1. The fourth-order valence-electron chi connectivity index (χ4n) is 2.04. The van der Waals surface area contributed by atoms with Crippen LogP contribution in [-0.2, 0) is 0 Å². The Labute approximate surface area is 110 Å². The fourth-order valence-corrected chi connectivity index (χ4v) is 2.04. The Balaban J connectivity index is 3.08. The molecule has 1 unspecified atom stereocenters. The lowest BCUT2D eigenvalue weighted by Gasteiger charge is -2.28. The van der Waals surface area contributed by atoms with Crippen molar-refractivity contribution in [3.8, 4) is 11.5 Å². The normalized spacial score (nSPS) is 12.1. The Hall–Kier alpha value is -1.58. The number of nitrogens with zero attached hydrogens (tertiary/aromatic N) is 1. The molecule has 0 amide bonds. The van der Waals surface area contributed by atoms with Crippen molar-refractivity contribution in [1.29, 1.82) is 0 Å². The Morgan fingerprint density at radius 1 is 1.22 bits per heavy atom. The van der Waals surface area contributed by atoms with Gasteiger partial charge in [0.25, 0.3) is 0 Å². The van der Waals surface area contributed by atoms with Gasteiger partial charge in [0, 0.05) is 25.2 Å². The zero-order valence-electron chi connectivity index (χ0n) is 12.0. The summed E-state index contributed by atoms with van der Waals surface area (Å²) in [4.78, 5) is 2.18. The van der Waals surface area contributed by atoms with Gasteiger partial charge in [0.15, 0.2) is 11.5 Å². The fraction of sp³-hybridized carbons (Fsp3) is 0.571. The second-order valence-electron chi connectivity index (χ2n) is 4.51. The molecule has 4 nitrogen and oxygen atoms in total. The molecule has 102 valence electrons. The van der Waals surface area contributed by atoms with Crippen LogP contribution in [0.5, 0.6) is 11.5 Å². The van der Waals surface area contributed by atoms with E-state index in [4.69, 9.17) is 15.2 Å². The zero-order valence-corrected chi connectivity index (χ0v) is 12.0. The molecule has 1 aromatic rings. The smallest absolute Gasteiger partial charge is 0.162 e. The monoisotopic (exact) mass is 252 g/mol.